The van der Waals surface area contributed by atoms with Crippen LogP contribution in [0.1, 0.15) is 28.4 Å². The van der Waals surface area contributed by atoms with Gasteiger partial charge in [-0.15, -0.1) is 0 Å². The molecule has 0 atom stereocenters. The molecular formula is C25H34O7. The van der Waals surface area contributed by atoms with Gasteiger partial charge in [0.15, 0.2) is 6.29 Å². The van der Waals surface area contributed by atoms with Crippen LogP contribution in [0.3, 0.4) is 0 Å². The van der Waals surface area contributed by atoms with E-state index in [-0.39, 0.29) is 24.4 Å². The number of phenolic OH excluding ortho intramolecular Hbond substituents is 1. The quantitative estimate of drug-likeness (QED) is 0.321. The molecule has 2 aromatic carbocycles. The summed E-state index contributed by atoms with van der Waals surface area (Å²) < 4.78 is 15.8. The van der Waals surface area contributed by atoms with Gasteiger partial charge in [0.05, 0.1) is 52.3 Å². The van der Waals surface area contributed by atoms with E-state index in [0.29, 0.717) is 44.0 Å². The summed E-state index contributed by atoms with van der Waals surface area (Å²) in [6.45, 7) is 7.52. The van der Waals surface area contributed by atoms with Crippen LogP contribution < -0.4 is 4.74 Å². The minimum Gasteiger partial charge on any atom is -0.508 e. The Kier molecular flexibility index (Phi) is 12.9. The minimum atomic E-state index is -0.194. The molecule has 0 aliphatic heterocycles. The van der Waals surface area contributed by atoms with E-state index in [0.717, 1.165) is 12.0 Å². The molecule has 0 aliphatic carbocycles. The van der Waals surface area contributed by atoms with E-state index in [2.05, 4.69) is 25.6 Å². The van der Waals surface area contributed by atoms with Crippen molar-refractivity contribution in [3.8, 4) is 11.5 Å². The maximum Gasteiger partial charge on any atom is 0.153 e. The second-order valence-electron chi connectivity index (χ2n) is 7.53. The number of hydrogen-bond donors (Lipinski definition) is 3. The van der Waals surface area contributed by atoms with Gasteiger partial charge in [0, 0.05) is 11.5 Å². The van der Waals surface area contributed by atoms with E-state index in [4.69, 9.17) is 29.5 Å². The molecule has 0 heterocycles. The molecule has 7 nitrogen and oxygen atoms in total. The van der Waals surface area contributed by atoms with Crippen LogP contribution >= 0.6 is 0 Å². The number of rotatable bonds is 13. The molecule has 0 saturated heterocycles. The highest BCUT2D eigenvalue weighted by atomic mass is 16.5. The third kappa shape index (κ3) is 10.1. The predicted molar refractivity (Wildman–Crippen MR) is 124 cm³/mol. The Bertz CT molecular complexity index is 792. The lowest BCUT2D eigenvalue weighted by Crippen LogP contribution is -2.32. The number of benzene rings is 2. The van der Waals surface area contributed by atoms with Crippen molar-refractivity contribution in [3.63, 3.8) is 0 Å². The van der Waals surface area contributed by atoms with Crippen LogP contribution in [0.5, 0.6) is 11.5 Å². The van der Waals surface area contributed by atoms with Crippen molar-refractivity contribution in [2.45, 2.75) is 13.3 Å². The Morgan fingerprint density at radius 1 is 1.00 bits per heavy atom. The Labute approximate surface area is 189 Å². The second-order valence-corrected chi connectivity index (χ2v) is 7.53. The molecule has 0 bridgehead atoms. The third-order valence-corrected chi connectivity index (χ3v) is 4.56. The zero-order valence-corrected chi connectivity index (χ0v) is 18.8. The van der Waals surface area contributed by atoms with E-state index in [1.165, 1.54) is 30.9 Å². The molecule has 7 heteroatoms. The fraction of sp³-hybridized carbons (Fsp3) is 0.400. The van der Waals surface area contributed by atoms with Gasteiger partial charge in [-0.05, 0) is 29.7 Å². The fourth-order valence-electron chi connectivity index (χ4n) is 2.97. The molecular weight excluding hydrogens is 412 g/mol. The highest BCUT2D eigenvalue weighted by Gasteiger charge is 2.25. The largest absolute Gasteiger partial charge is 0.508 e. The summed E-state index contributed by atoms with van der Waals surface area (Å²) in [5.41, 5.74) is 2.53. The summed E-state index contributed by atoms with van der Waals surface area (Å²) in [4.78, 5) is 10.3. The molecule has 0 unspecified atom stereocenters. The number of ether oxygens (including phenoxy) is 3. The van der Waals surface area contributed by atoms with Gasteiger partial charge < -0.3 is 29.5 Å². The maximum absolute atomic E-state index is 10.3. The lowest BCUT2D eigenvalue weighted by Gasteiger charge is -2.29. The summed E-state index contributed by atoms with van der Waals surface area (Å²) in [6.07, 6.45) is 3.30. The van der Waals surface area contributed by atoms with Crippen LogP contribution in [-0.4, -0.2) is 68.4 Å². The van der Waals surface area contributed by atoms with E-state index < -0.39 is 0 Å². The summed E-state index contributed by atoms with van der Waals surface area (Å²) in [6, 6.07) is 12.6. The molecule has 0 aromatic heterocycles. The van der Waals surface area contributed by atoms with Crippen molar-refractivity contribution in [1.29, 1.82) is 0 Å². The number of aliphatic hydroxyl groups excluding tert-OH is 2. The molecule has 2 aromatic rings. The maximum atomic E-state index is 10.3. The zero-order chi connectivity index (χ0) is 23.8. The lowest BCUT2D eigenvalue weighted by molar-refractivity contribution is -0.0271. The number of carbonyl (C=O) groups excluding carboxylic acids is 1. The number of aliphatic hydroxyl groups is 2. The normalized spacial score (nSPS) is 10.8. The predicted octanol–water partition coefficient (Wildman–Crippen LogP) is 3.11. The first kappa shape index (κ1) is 27.3. The molecule has 0 radical (unpaired) electrons. The van der Waals surface area contributed by atoms with Crippen molar-refractivity contribution in [3.05, 3.63) is 65.7 Å². The van der Waals surface area contributed by atoms with Crippen LogP contribution in [0.25, 0.3) is 6.08 Å². The smallest absolute Gasteiger partial charge is 0.153 e. The number of methoxy groups -OCH3 is 1. The number of aldehydes is 1. The Morgan fingerprint density at radius 2 is 1.59 bits per heavy atom. The molecule has 0 aliphatic rings. The average Bonchev–Trinajstić information content (AvgIpc) is 2.80. The first-order valence-corrected chi connectivity index (χ1v) is 10.3. The van der Waals surface area contributed by atoms with Gasteiger partial charge in [0.25, 0.3) is 0 Å². The van der Waals surface area contributed by atoms with E-state index >= 15 is 0 Å². The first-order chi connectivity index (χ1) is 15.4. The van der Waals surface area contributed by atoms with Gasteiger partial charge in [-0.25, -0.2) is 0 Å². The monoisotopic (exact) mass is 446 g/mol. The average molecular weight is 447 g/mol. The fourth-order valence-corrected chi connectivity index (χ4v) is 2.97. The molecule has 0 saturated carbocycles. The van der Waals surface area contributed by atoms with Crippen LogP contribution in [0.15, 0.2) is 49.0 Å². The summed E-state index contributed by atoms with van der Waals surface area (Å²) in [7, 11) is 1.45. The Morgan fingerprint density at radius 3 is 2.06 bits per heavy atom. The van der Waals surface area contributed by atoms with Crippen LogP contribution in [0.2, 0.25) is 0 Å². The summed E-state index contributed by atoms with van der Waals surface area (Å²) in [5, 5.41) is 26.6. The van der Waals surface area contributed by atoms with Crippen molar-refractivity contribution in [2.75, 3.05) is 46.8 Å². The third-order valence-electron chi connectivity index (χ3n) is 4.56. The molecule has 2 rings (SSSR count). The van der Waals surface area contributed by atoms with Crippen molar-refractivity contribution in [2.24, 2.45) is 5.41 Å². The first-order valence-electron chi connectivity index (χ1n) is 10.3. The van der Waals surface area contributed by atoms with Gasteiger partial charge in [-0.2, -0.15) is 0 Å². The van der Waals surface area contributed by atoms with Gasteiger partial charge >= 0.3 is 0 Å². The Hall–Kier alpha value is -2.71. The molecule has 0 fully saturated rings. The SMILES string of the molecule is C=Cc1ccc(CC(C)(COCCO)COCCO)cc1.COc1cc(O)ccc1C=O. The number of aromatic hydroxyl groups is 1. The van der Waals surface area contributed by atoms with Crippen molar-refractivity contribution >= 4 is 12.4 Å². The highest BCUT2D eigenvalue weighted by Crippen LogP contribution is 2.24. The molecule has 32 heavy (non-hydrogen) atoms. The summed E-state index contributed by atoms with van der Waals surface area (Å²) >= 11 is 0. The highest BCUT2D eigenvalue weighted by molar-refractivity contribution is 5.79. The molecule has 3 N–H and O–H groups in total. The Balaban J connectivity index is 0.000000389. The second kappa shape index (κ2) is 15.2. The minimum absolute atomic E-state index is 0.0155. The van der Waals surface area contributed by atoms with Gasteiger partial charge in [0.1, 0.15) is 11.5 Å². The van der Waals surface area contributed by atoms with Crippen LogP contribution in [0.4, 0.5) is 0 Å². The van der Waals surface area contributed by atoms with Crippen molar-refractivity contribution in [1.82, 2.24) is 0 Å². The lowest BCUT2D eigenvalue weighted by atomic mass is 9.85. The van der Waals surface area contributed by atoms with E-state index in [1.54, 1.807) is 0 Å². The van der Waals surface area contributed by atoms with E-state index in [9.17, 15) is 4.79 Å². The van der Waals surface area contributed by atoms with Gasteiger partial charge in [-0.3, -0.25) is 4.79 Å². The topological polar surface area (TPSA) is 105 Å². The van der Waals surface area contributed by atoms with Crippen molar-refractivity contribution < 1.29 is 34.3 Å². The van der Waals surface area contributed by atoms with Crippen LogP contribution in [-0.2, 0) is 15.9 Å². The molecule has 176 valence electrons. The van der Waals surface area contributed by atoms with Crippen LogP contribution in [0, 0.1) is 5.41 Å². The zero-order valence-electron chi connectivity index (χ0n) is 18.8. The van der Waals surface area contributed by atoms with Gasteiger partial charge in [-0.1, -0.05) is 43.8 Å². The number of hydrogen-bond acceptors (Lipinski definition) is 7. The number of phenols is 1. The summed E-state index contributed by atoms with van der Waals surface area (Å²) in [5.74, 6) is 0.479. The molecule has 0 spiro atoms. The molecule has 0 amide bonds. The van der Waals surface area contributed by atoms with Gasteiger partial charge in [0.2, 0.25) is 0 Å². The number of carbonyl (C=O) groups is 1. The standard InChI is InChI=1S/C17H26O4.C8H8O3/c1-3-15-4-6-16(7-5-15)12-17(2,13-20-10-8-18)14-21-11-9-19;1-11-8-4-7(10)3-2-6(8)5-9/h3-7,18-19H,1,8-14H2,2H3;2-5,10H,1H3. The van der Waals surface area contributed by atoms with E-state index in [1.807, 2.05) is 18.2 Å².